The lowest BCUT2D eigenvalue weighted by atomic mass is 9.49. The standard InChI is InChI=1S/C18H28N4O3/c1-16(2)12-6-5-11-13(15(19)21-23)22(4)20-14(11)17(12,3)7-8-18(16)24-9-10-25-18/h12,23H,5-10H2,1-4H3,(H2,19,21)/t12?,17-/m0/s1. The number of ether oxygens (including phenoxy) is 2. The summed E-state index contributed by atoms with van der Waals surface area (Å²) in [5.41, 5.74) is 8.70. The maximum absolute atomic E-state index is 9.14. The molecule has 1 saturated carbocycles. The maximum atomic E-state index is 9.14. The highest BCUT2D eigenvalue weighted by Crippen LogP contribution is 2.62. The van der Waals surface area contributed by atoms with Crippen LogP contribution in [0.4, 0.5) is 0 Å². The Balaban J connectivity index is 1.82. The molecule has 2 fully saturated rings. The number of hydrogen-bond acceptors (Lipinski definition) is 5. The molecule has 4 rings (SSSR count). The van der Waals surface area contributed by atoms with Gasteiger partial charge in [0.15, 0.2) is 11.6 Å². The molecule has 7 nitrogen and oxygen atoms in total. The minimum Gasteiger partial charge on any atom is -0.409 e. The second kappa shape index (κ2) is 5.20. The van der Waals surface area contributed by atoms with Crippen molar-refractivity contribution in [2.24, 2.45) is 29.3 Å². The van der Waals surface area contributed by atoms with Crippen LogP contribution in [0.25, 0.3) is 0 Å². The lowest BCUT2D eigenvalue weighted by Gasteiger charge is -2.59. The van der Waals surface area contributed by atoms with Gasteiger partial charge in [0, 0.05) is 29.9 Å². The summed E-state index contributed by atoms with van der Waals surface area (Å²) >= 11 is 0. The molecule has 7 heteroatoms. The van der Waals surface area contributed by atoms with Crippen molar-refractivity contribution in [1.82, 2.24) is 9.78 Å². The molecule has 3 N–H and O–H groups in total. The van der Waals surface area contributed by atoms with Crippen molar-refractivity contribution < 1.29 is 14.7 Å². The first-order valence-electron chi connectivity index (χ1n) is 9.09. The number of fused-ring (bicyclic) bond motifs is 3. The molecular formula is C18H28N4O3. The van der Waals surface area contributed by atoms with Gasteiger partial charge in [0.2, 0.25) is 0 Å². The van der Waals surface area contributed by atoms with Crippen molar-refractivity contribution in [3.05, 3.63) is 17.0 Å². The van der Waals surface area contributed by atoms with Gasteiger partial charge in [-0.2, -0.15) is 5.10 Å². The average molecular weight is 348 g/mol. The number of aryl methyl sites for hydroxylation is 1. The van der Waals surface area contributed by atoms with Gasteiger partial charge in [-0.1, -0.05) is 25.9 Å². The summed E-state index contributed by atoms with van der Waals surface area (Å²) in [4.78, 5) is 0. The summed E-state index contributed by atoms with van der Waals surface area (Å²) in [6.45, 7) is 8.21. The van der Waals surface area contributed by atoms with E-state index < -0.39 is 5.79 Å². The molecule has 1 unspecified atom stereocenters. The monoisotopic (exact) mass is 348 g/mol. The first-order chi connectivity index (χ1) is 11.8. The zero-order valence-corrected chi connectivity index (χ0v) is 15.5. The topological polar surface area (TPSA) is 94.9 Å². The van der Waals surface area contributed by atoms with Gasteiger partial charge in [0.1, 0.15) is 5.69 Å². The third kappa shape index (κ3) is 1.99. The minimum atomic E-state index is -0.474. The predicted octanol–water partition coefficient (Wildman–Crippen LogP) is 1.90. The Morgan fingerprint density at radius 3 is 2.60 bits per heavy atom. The average Bonchev–Trinajstić information content (AvgIpc) is 3.17. The van der Waals surface area contributed by atoms with Crippen LogP contribution in [-0.4, -0.2) is 39.8 Å². The number of nitrogens with two attached hydrogens (primary N) is 1. The van der Waals surface area contributed by atoms with Gasteiger partial charge in [-0.05, 0) is 25.2 Å². The number of oxime groups is 1. The van der Waals surface area contributed by atoms with Crippen molar-refractivity contribution >= 4 is 5.84 Å². The second-order valence-electron chi connectivity index (χ2n) is 8.46. The first-order valence-corrected chi connectivity index (χ1v) is 9.09. The Bertz CT molecular complexity index is 733. The van der Waals surface area contributed by atoms with Crippen LogP contribution in [0.5, 0.6) is 0 Å². The molecule has 2 atom stereocenters. The number of amidine groups is 1. The molecule has 0 radical (unpaired) electrons. The SMILES string of the molecule is Cn1nc2c(c1/C(N)=N/O)CCC1C(C)(C)C3(CC[C@]21C)OCCO3. The van der Waals surface area contributed by atoms with Gasteiger partial charge in [-0.3, -0.25) is 4.68 Å². The molecule has 1 aliphatic heterocycles. The van der Waals surface area contributed by atoms with Crippen molar-refractivity contribution in [3.63, 3.8) is 0 Å². The van der Waals surface area contributed by atoms with Gasteiger partial charge in [0.05, 0.1) is 18.9 Å². The molecule has 138 valence electrons. The van der Waals surface area contributed by atoms with E-state index in [4.69, 9.17) is 25.5 Å². The molecule has 3 aliphatic rings. The van der Waals surface area contributed by atoms with Gasteiger partial charge in [-0.25, -0.2) is 0 Å². The molecule has 1 aromatic heterocycles. The summed E-state index contributed by atoms with van der Waals surface area (Å²) in [5, 5.41) is 17.2. The van der Waals surface area contributed by atoms with Crippen molar-refractivity contribution in [2.75, 3.05) is 13.2 Å². The fourth-order valence-corrected chi connectivity index (χ4v) is 5.84. The third-order valence-corrected chi connectivity index (χ3v) is 7.07. The highest BCUT2D eigenvalue weighted by Gasteiger charge is 2.64. The maximum Gasteiger partial charge on any atom is 0.188 e. The molecule has 25 heavy (non-hydrogen) atoms. The predicted molar refractivity (Wildman–Crippen MR) is 92.5 cm³/mol. The first kappa shape index (κ1) is 16.8. The smallest absolute Gasteiger partial charge is 0.188 e. The molecule has 2 aliphatic carbocycles. The van der Waals surface area contributed by atoms with Gasteiger partial charge in [0.25, 0.3) is 0 Å². The molecule has 1 spiro atoms. The lowest BCUT2D eigenvalue weighted by Crippen LogP contribution is -2.61. The van der Waals surface area contributed by atoms with Crippen molar-refractivity contribution in [1.29, 1.82) is 0 Å². The third-order valence-electron chi connectivity index (χ3n) is 7.07. The number of hydrogen-bond donors (Lipinski definition) is 2. The summed E-state index contributed by atoms with van der Waals surface area (Å²) < 4.78 is 14.0. The van der Waals surface area contributed by atoms with Crippen LogP contribution in [-0.2, 0) is 28.4 Å². The van der Waals surface area contributed by atoms with Crippen molar-refractivity contribution in [2.45, 2.75) is 57.7 Å². The highest BCUT2D eigenvalue weighted by atomic mass is 16.7. The molecule has 1 saturated heterocycles. The number of nitrogens with zero attached hydrogens (tertiary/aromatic N) is 3. The summed E-state index contributed by atoms with van der Waals surface area (Å²) in [5.74, 6) is 0.0550. The Hall–Kier alpha value is -1.60. The molecule has 2 heterocycles. The molecule has 0 bridgehead atoms. The Kier molecular flexibility index (Phi) is 3.51. The lowest BCUT2D eigenvalue weighted by molar-refractivity contribution is -0.276. The summed E-state index contributed by atoms with van der Waals surface area (Å²) in [6, 6.07) is 0. The number of aromatic nitrogens is 2. The van der Waals surface area contributed by atoms with E-state index in [0.717, 1.165) is 42.6 Å². The van der Waals surface area contributed by atoms with E-state index in [2.05, 4.69) is 25.9 Å². The Morgan fingerprint density at radius 2 is 1.96 bits per heavy atom. The van der Waals surface area contributed by atoms with Gasteiger partial charge >= 0.3 is 0 Å². The van der Waals surface area contributed by atoms with Crippen LogP contribution in [0.3, 0.4) is 0 Å². The fraction of sp³-hybridized carbons (Fsp3) is 0.778. The molecule has 0 amide bonds. The van der Waals surface area contributed by atoms with Crippen LogP contribution < -0.4 is 5.73 Å². The molecule has 1 aromatic rings. The van der Waals surface area contributed by atoms with E-state index in [1.54, 1.807) is 4.68 Å². The largest absolute Gasteiger partial charge is 0.409 e. The Labute approximate surface area is 148 Å². The van der Waals surface area contributed by atoms with E-state index in [9.17, 15) is 0 Å². The van der Waals surface area contributed by atoms with Crippen LogP contribution in [0, 0.1) is 11.3 Å². The summed E-state index contributed by atoms with van der Waals surface area (Å²) in [6.07, 6.45) is 3.71. The summed E-state index contributed by atoms with van der Waals surface area (Å²) in [7, 11) is 1.86. The van der Waals surface area contributed by atoms with Crippen molar-refractivity contribution in [3.8, 4) is 0 Å². The highest BCUT2D eigenvalue weighted by molar-refractivity contribution is 5.97. The van der Waals surface area contributed by atoms with Crippen LogP contribution in [0.1, 0.15) is 57.0 Å². The molecule has 0 aromatic carbocycles. The van der Waals surface area contributed by atoms with Gasteiger partial charge < -0.3 is 20.4 Å². The van der Waals surface area contributed by atoms with E-state index in [1.165, 1.54) is 0 Å². The number of rotatable bonds is 1. The minimum absolute atomic E-state index is 0.0661. The van der Waals surface area contributed by atoms with Crippen LogP contribution in [0.2, 0.25) is 0 Å². The van der Waals surface area contributed by atoms with E-state index in [1.807, 2.05) is 7.05 Å². The van der Waals surface area contributed by atoms with E-state index in [0.29, 0.717) is 19.1 Å². The van der Waals surface area contributed by atoms with Gasteiger partial charge in [-0.15, -0.1) is 0 Å². The van der Waals surface area contributed by atoms with E-state index >= 15 is 0 Å². The fourth-order valence-electron chi connectivity index (χ4n) is 5.84. The zero-order chi connectivity index (χ0) is 18.0. The van der Waals surface area contributed by atoms with Crippen LogP contribution in [0.15, 0.2) is 5.16 Å². The molecular weight excluding hydrogens is 320 g/mol. The zero-order valence-electron chi connectivity index (χ0n) is 15.5. The normalized spacial score (nSPS) is 33.3. The Morgan fingerprint density at radius 1 is 1.28 bits per heavy atom. The van der Waals surface area contributed by atoms with E-state index in [-0.39, 0.29) is 16.7 Å². The quantitative estimate of drug-likeness (QED) is 0.350. The van der Waals surface area contributed by atoms with Crippen LogP contribution >= 0.6 is 0 Å². The second-order valence-corrected chi connectivity index (χ2v) is 8.46.